The molecule has 11 heteroatoms. The number of rotatable bonds is 16. The van der Waals surface area contributed by atoms with Crippen molar-refractivity contribution in [1.29, 1.82) is 0 Å². The third kappa shape index (κ3) is 8.85. The molecule has 0 saturated carbocycles. The predicted octanol–water partition coefficient (Wildman–Crippen LogP) is 4.17. The number of halogens is 2. The van der Waals surface area contributed by atoms with Crippen LogP contribution in [0.2, 0.25) is 10.0 Å². The maximum absolute atomic E-state index is 13.8. The van der Waals surface area contributed by atoms with Gasteiger partial charge in [0.05, 0.1) is 18.6 Å². The highest BCUT2D eigenvalue weighted by molar-refractivity contribution is 6.34. The van der Waals surface area contributed by atoms with Crippen molar-refractivity contribution in [2.75, 3.05) is 26.7 Å². The number of amides is 3. The van der Waals surface area contributed by atoms with E-state index in [0.29, 0.717) is 41.0 Å². The second kappa shape index (κ2) is 16.1. The third-order valence-corrected chi connectivity index (χ3v) is 8.28. The lowest BCUT2D eigenvalue weighted by atomic mass is 9.63. The van der Waals surface area contributed by atoms with Gasteiger partial charge in [-0.1, -0.05) is 55.3 Å². The molecule has 3 rings (SSSR count). The first-order valence-electron chi connectivity index (χ1n) is 14.7. The van der Waals surface area contributed by atoms with Gasteiger partial charge in [-0.05, 0) is 73.2 Å². The molecule has 0 saturated heterocycles. The second-order valence-corrected chi connectivity index (χ2v) is 12.0. The molecule has 0 bridgehead atoms. The van der Waals surface area contributed by atoms with Crippen molar-refractivity contribution < 1.29 is 24.2 Å². The van der Waals surface area contributed by atoms with E-state index in [-0.39, 0.29) is 36.4 Å². The van der Waals surface area contributed by atoms with Crippen molar-refractivity contribution in [3.05, 3.63) is 86.9 Å². The smallest absolute Gasteiger partial charge is 0.249 e. The Kier molecular flexibility index (Phi) is 12.8. The summed E-state index contributed by atoms with van der Waals surface area (Å²) in [6.07, 6.45) is 3.15. The highest BCUT2D eigenvalue weighted by Gasteiger charge is 2.49. The van der Waals surface area contributed by atoms with E-state index in [0.717, 1.165) is 18.4 Å². The number of nitrogens with one attached hydrogen (secondary N) is 1. The highest BCUT2D eigenvalue weighted by atomic mass is 35.5. The molecule has 0 radical (unpaired) electrons. The van der Waals surface area contributed by atoms with Crippen LogP contribution < -0.4 is 21.5 Å². The average molecular weight is 646 g/mol. The zero-order chi connectivity index (χ0) is 32.4. The van der Waals surface area contributed by atoms with Gasteiger partial charge in [-0.2, -0.15) is 0 Å². The Morgan fingerprint density at radius 3 is 2.27 bits per heavy atom. The Labute approximate surface area is 269 Å². The van der Waals surface area contributed by atoms with Crippen LogP contribution in [0.1, 0.15) is 44.2 Å². The van der Waals surface area contributed by atoms with Gasteiger partial charge in [0, 0.05) is 53.3 Å². The predicted molar refractivity (Wildman–Crippen MR) is 173 cm³/mol. The lowest BCUT2D eigenvalue weighted by Crippen LogP contribution is -2.52. The van der Waals surface area contributed by atoms with Crippen LogP contribution >= 0.6 is 23.2 Å². The van der Waals surface area contributed by atoms with Crippen LogP contribution in [0, 0.1) is 11.3 Å². The molecule has 2 aromatic carbocycles. The number of benzene rings is 2. The first-order valence-corrected chi connectivity index (χ1v) is 15.5. The van der Waals surface area contributed by atoms with Gasteiger partial charge >= 0.3 is 0 Å². The highest BCUT2D eigenvalue weighted by Crippen LogP contribution is 2.45. The summed E-state index contributed by atoms with van der Waals surface area (Å²) in [5, 5.41) is 15.8. The Morgan fingerprint density at radius 2 is 1.70 bits per heavy atom. The van der Waals surface area contributed by atoms with Gasteiger partial charge in [-0.15, -0.1) is 0 Å². The zero-order valence-electron chi connectivity index (χ0n) is 25.4. The molecule has 3 atom stereocenters. The molecule has 0 spiro atoms. The molecule has 2 aromatic rings. The molecule has 9 nitrogen and oxygen atoms in total. The number of primary amides is 2. The van der Waals surface area contributed by atoms with Crippen molar-refractivity contribution >= 4 is 40.9 Å². The van der Waals surface area contributed by atoms with Crippen LogP contribution in [0.15, 0.2) is 65.8 Å². The van der Waals surface area contributed by atoms with E-state index < -0.39 is 29.3 Å². The average Bonchev–Trinajstić information content (AvgIpc) is 2.98. The Morgan fingerprint density at radius 1 is 1.05 bits per heavy atom. The molecule has 0 aliphatic heterocycles. The molecule has 6 N–H and O–H groups in total. The topological polar surface area (TPSA) is 148 Å². The molecule has 1 aliphatic rings. The second-order valence-electron chi connectivity index (χ2n) is 11.1. The number of methoxy groups -OCH3 is 1. The van der Waals surface area contributed by atoms with Gasteiger partial charge in [-0.3, -0.25) is 14.4 Å². The van der Waals surface area contributed by atoms with Gasteiger partial charge in [0.25, 0.3) is 0 Å². The molecule has 0 aromatic heterocycles. The van der Waals surface area contributed by atoms with Gasteiger partial charge in [0.2, 0.25) is 17.7 Å². The number of carbonyl (C=O) groups is 3. The van der Waals surface area contributed by atoms with E-state index in [2.05, 4.69) is 5.32 Å². The minimum atomic E-state index is -1.64. The van der Waals surface area contributed by atoms with Crippen molar-refractivity contribution in [1.82, 2.24) is 10.2 Å². The summed E-state index contributed by atoms with van der Waals surface area (Å²) in [6.45, 7) is 5.41. The van der Waals surface area contributed by atoms with Crippen LogP contribution in [0.25, 0.3) is 0 Å². The van der Waals surface area contributed by atoms with Crippen LogP contribution in [0.3, 0.4) is 0 Å². The molecule has 1 aliphatic carbocycles. The minimum Gasteiger partial charge on any atom is -0.497 e. The molecular formula is C33H42Cl2N4O5. The minimum absolute atomic E-state index is 0.0167. The molecule has 44 heavy (non-hydrogen) atoms. The van der Waals surface area contributed by atoms with Gasteiger partial charge < -0.3 is 31.5 Å². The van der Waals surface area contributed by atoms with Crippen molar-refractivity contribution in [2.45, 2.75) is 52.2 Å². The van der Waals surface area contributed by atoms with Crippen LogP contribution in [0.4, 0.5) is 0 Å². The number of hydrogen-bond acceptors (Lipinski definition) is 6. The van der Waals surface area contributed by atoms with Crippen LogP contribution in [-0.2, 0) is 27.3 Å². The normalized spacial score (nSPS) is 17.7. The fourth-order valence-electron chi connectivity index (χ4n) is 5.77. The molecule has 1 unspecified atom stereocenters. The maximum Gasteiger partial charge on any atom is 0.249 e. The van der Waals surface area contributed by atoms with Crippen molar-refractivity contribution in [2.24, 2.45) is 22.8 Å². The van der Waals surface area contributed by atoms with Crippen LogP contribution in [0.5, 0.6) is 5.75 Å². The van der Waals surface area contributed by atoms with E-state index in [1.54, 1.807) is 30.2 Å². The van der Waals surface area contributed by atoms with E-state index >= 15 is 0 Å². The lowest BCUT2D eigenvalue weighted by molar-refractivity contribution is -0.132. The van der Waals surface area contributed by atoms with Crippen molar-refractivity contribution in [3.63, 3.8) is 0 Å². The number of nitrogens with zero attached hydrogens (tertiary/aromatic N) is 1. The Balaban J connectivity index is 2.06. The quantitative estimate of drug-likeness (QED) is 0.216. The zero-order valence-corrected chi connectivity index (χ0v) is 27.0. The van der Waals surface area contributed by atoms with Gasteiger partial charge in [0.15, 0.2) is 0 Å². The molecular weight excluding hydrogens is 603 g/mol. The van der Waals surface area contributed by atoms with Gasteiger partial charge in [0.1, 0.15) is 5.75 Å². The number of aliphatic hydroxyl groups excluding tert-OH is 1. The summed E-state index contributed by atoms with van der Waals surface area (Å²) < 4.78 is 5.30. The van der Waals surface area contributed by atoms with E-state index in [1.807, 2.05) is 38.1 Å². The summed E-state index contributed by atoms with van der Waals surface area (Å²) in [6, 6.07) is 12.5. The number of nitrogens with two attached hydrogens (primary N) is 2. The third-order valence-electron chi connectivity index (χ3n) is 7.84. The van der Waals surface area contributed by atoms with Crippen molar-refractivity contribution in [3.8, 4) is 5.75 Å². The monoisotopic (exact) mass is 644 g/mol. The number of ether oxygens (including phenoxy) is 1. The SMILES string of the molecule is CCCN(CCC)C(=O)C1=CC(C(N)=O)=CC(C(N)=O)([C@H](Cc2cc(Cl)cc(Cl)c2)[C@@H](O)CNCc2cccc(OC)c2)C1. The lowest BCUT2D eigenvalue weighted by Gasteiger charge is -2.42. The van der Waals surface area contributed by atoms with E-state index in [1.165, 1.54) is 12.2 Å². The summed E-state index contributed by atoms with van der Waals surface area (Å²) >= 11 is 12.6. The molecule has 0 heterocycles. The number of aliphatic hydroxyl groups is 1. The summed E-state index contributed by atoms with van der Waals surface area (Å²) in [5.41, 5.74) is 12.0. The number of carbonyl (C=O) groups excluding carboxylic acids is 3. The summed E-state index contributed by atoms with van der Waals surface area (Å²) in [4.78, 5) is 41.6. The summed E-state index contributed by atoms with van der Waals surface area (Å²) in [7, 11) is 1.58. The largest absolute Gasteiger partial charge is 0.497 e. The fraction of sp³-hybridized carbons (Fsp3) is 0.424. The molecule has 3 amide bonds. The maximum atomic E-state index is 13.8. The first kappa shape index (κ1) is 35.1. The van der Waals surface area contributed by atoms with Gasteiger partial charge in [-0.25, -0.2) is 0 Å². The molecule has 238 valence electrons. The van der Waals surface area contributed by atoms with E-state index in [9.17, 15) is 19.5 Å². The Bertz CT molecular complexity index is 1390. The standard InChI is InChI=1S/C33H42Cl2N4O5/c1-4-9-39(10-5-2)31(42)24-15-23(30(36)41)17-33(18-24,32(37)43)28(14-22-11-25(34)16-26(35)12-22)29(40)20-38-19-21-7-6-8-27(13-21)44-3/h6-8,11-13,15-17,28-29,38,40H,4-5,9-10,14,18-20H2,1-3H3,(H2,36,41)(H2,37,43)/t28-,29+,33?/m1/s1. The fourth-order valence-corrected chi connectivity index (χ4v) is 6.35. The summed E-state index contributed by atoms with van der Waals surface area (Å²) in [5.74, 6) is -2.11. The van der Waals surface area contributed by atoms with Crippen LogP contribution in [-0.4, -0.2) is 60.6 Å². The molecule has 0 fully saturated rings. The first-order chi connectivity index (χ1) is 20.9. The Hall–Kier alpha value is -3.37. The number of hydrogen-bond donors (Lipinski definition) is 4. The van der Waals surface area contributed by atoms with E-state index in [4.69, 9.17) is 39.4 Å².